The van der Waals surface area contributed by atoms with Crippen LogP contribution in [0.15, 0.2) is 109 Å². The lowest BCUT2D eigenvalue weighted by molar-refractivity contribution is 0.415. The standard InChI is InChI=1S/C33H25N5O2/c1-39-25-15-11-23(12-16-25)38(24-13-17-26(40-2)18-14-24)22-9-7-21(8-10-22)33-36-31-27-5-3-19-34-29(27)30-28(32(31)37-33)6-4-20-35-30/h3-20H,1-2H3,(H,36,37). The van der Waals surface area contributed by atoms with Crippen molar-refractivity contribution in [2.24, 2.45) is 0 Å². The van der Waals surface area contributed by atoms with Gasteiger partial charge in [-0.1, -0.05) is 0 Å². The Hall–Kier alpha value is -5.43. The molecule has 7 heteroatoms. The second kappa shape index (κ2) is 9.71. The molecule has 0 amide bonds. The van der Waals surface area contributed by atoms with Crippen LogP contribution in [-0.4, -0.2) is 34.2 Å². The number of ether oxygens (including phenoxy) is 2. The van der Waals surface area contributed by atoms with Crippen LogP contribution in [0.1, 0.15) is 0 Å². The topological polar surface area (TPSA) is 76.2 Å². The van der Waals surface area contributed by atoms with Crippen molar-refractivity contribution >= 4 is 49.9 Å². The van der Waals surface area contributed by atoms with Crippen molar-refractivity contribution in [3.63, 3.8) is 0 Å². The lowest BCUT2D eigenvalue weighted by Crippen LogP contribution is -2.09. The van der Waals surface area contributed by atoms with Crippen LogP contribution in [0.4, 0.5) is 17.1 Å². The van der Waals surface area contributed by atoms with Gasteiger partial charge in [-0.3, -0.25) is 9.97 Å². The lowest BCUT2D eigenvalue weighted by atomic mass is 10.1. The number of imidazole rings is 1. The third-order valence-corrected chi connectivity index (χ3v) is 7.13. The number of anilines is 3. The fourth-order valence-electron chi connectivity index (χ4n) is 5.16. The number of pyridine rings is 2. The number of H-pyrrole nitrogens is 1. The van der Waals surface area contributed by atoms with Gasteiger partial charge in [-0.15, -0.1) is 0 Å². The van der Waals surface area contributed by atoms with Gasteiger partial charge in [-0.25, -0.2) is 4.98 Å². The number of aromatic amines is 1. The predicted molar refractivity (Wildman–Crippen MR) is 160 cm³/mol. The SMILES string of the molecule is COc1ccc(N(c2ccc(OC)cc2)c2ccc(-c3nc4c5cccnc5c5ncccc5c4[nH]3)cc2)cc1. The first-order chi connectivity index (χ1) is 19.7. The normalized spacial score (nSPS) is 11.2. The van der Waals surface area contributed by atoms with Crippen LogP contribution >= 0.6 is 0 Å². The van der Waals surface area contributed by atoms with E-state index in [-0.39, 0.29) is 0 Å². The van der Waals surface area contributed by atoms with Crippen LogP contribution in [0.5, 0.6) is 11.5 Å². The summed E-state index contributed by atoms with van der Waals surface area (Å²) in [6.07, 6.45) is 3.60. The first kappa shape index (κ1) is 23.7. The van der Waals surface area contributed by atoms with Crippen molar-refractivity contribution in [1.29, 1.82) is 0 Å². The second-order valence-electron chi connectivity index (χ2n) is 9.39. The van der Waals surface area contributed by atoms with Gasteiger partial charge < -0.3 is 19.4 Å². The van der Waals surface area contributed by atoms with Crippen LogP contribution in [0.25, 0.3) is 44.2 Å². The molecule has 0 atom stereocenters. The molecule has 3 aromatic heterocycles. The van der Waals surface area contributed by atoms with Crippen molar-refractivity contribution < 1.29 is 9.47 Å². The maximum absolute atomic E-state index is 5.38. The van der Waals surface area contributed by atoms with Crippen LogP contribution in [0.2, 0.25) is 0 Å². The monoisotopic (exact) mass is 523 g/mol. The molecule has 4 aromatic carbocycles. The maximum Gasteiger partial charge on any atom is 0.138 e. The fourth-order valence-corrected chi connectivity index (χ4v) is 5.16. The summed E-state index contributed by atoms with van der Waals surface area (Å²) in [5.74, 6) is 2.41. The van der Waals surface area contributed by atoms with E-state index in [0.717, 1.165) is 72.8 Å². The van der Waals surface area contributed by atoms with Crippen molar-refractivity contribution in [1.82, 2.24) is 19.9 Å². The smallest absolute Gasteiger partial charge is 0.138 e. The van der Waals surface area contributed by atoms with Crippen molar-refractivity contribution in [2.45, 2.75) is 0 Å². The third-order valence-electron chi connectivity index (χ3n) is 7.13. The summed E-state index contributed by atoms with van der Waals surface area (Å²) < 4.78 is 10.8. The van der Waals surface area contributed by atoms with Gasteiger partial charge in [0.05, 0.1) is 36.3 Å². The zero-order chi connectivity index (χ0) is 27.1. The van der Waals surface area contributed by atoms with Crippen molar-refractivity contribution in [2.75, 3.05) is 19.1 Å². The lowest BCUT2D eigenvalue weighted by Gasteiger charge is -2.26. The van der Waals surface area contributed by atoms with Gasteiger partial charge in [0.1, 0.15) is 17.3 Å². The second-order valence-corrected chi connectivity index (χ2v) is 9.39. The summed E-state index contributed by atoms with van der Waals surface area (Å²) in [5.41, 5.74) is 7.60. The first-order valence-corrected chi connectivity index (χ1v) is 12.9. The molecule has 0 unspecified atom stereocenters. The molecule has 7 aromatic rings. The molecule has 194 valence electrons. The molecular formula is C33H25N5O2. The van der Waals surface area contributed by atoms with E-state index in [1.54, 1.807) is 26.6 Å². The number of benzene rings is 4. The molecule has 0 aliphatic carbocycles. The molecule has 0 saturated heterocycles. The van der Waals surface area contributed by atoms with Gasteiger partial charge in [-0.05, 0) is 97.1 Å². The molecule has 3 heterocycles. The Kier molecular flexibility index (Phi) is 5.74. The molecule has 0 spiro atoms. The number of methoxy groups -OCH3 is 2. The van der Waals surface area contributed by atoms with Crippen molar-refractivity contribution in [3.8, 4) is 22.9 Å². The number of hydrogen-bond acceptors (Lipinski definition) is 6. The Morgan fingerprint density at radius 3 is 1.62 bits per heavy atom. The Balaban J connectivity index is 1.33. The molecule has 7 nitrogen and oxygen atoms in total. The number of nitrogens with one attached hydrogen (secondary N) is 1. The van der Waals surface area contributed by atoms with E-state index in [4.69, 9.17) is 14.5 Å². The molecule has 0 aliphatic heterocycles. The number of rotatable bonds is 6. The molecule has 1 N–H and O–H groups in total. The maximum atomic E-state index is 5.38. The van der Waals surface area contributed by atoms with E-state index in [2.05, 4.69) is 74.4 Å². The third kappa shape index (κ3) is 3.96. The molecule has 7 rings (SSSR count). The highest BCUT2D eigenvalue weighted by Crippen LogP contribution is 2.38. The summed E-state index contributed by atoms with van der Waals surface area (Å²) in [4.78, 5) is 20.0. The minimum Gasteiger partial charge on any atom is -0.497 e. The number of aromatic nitrogens is 4. The van der Waals surface area contributed by atoms with Gasteiger partial charge in [0.25, 0.3) is 0 Å². The van der Waals surface area contributed by atoms with Gasteiger partial charge in [0.2, 0.25) is 0 Å². The summed E-state index contributed by atoms with van der Waals surface area (Å²) >= 11 is 0. The minimum absolute atomic E-state index is 0.795. The molecule has 0 saturated carbocycles. The minimum atomic E-state index is 0.795. The highest BCUT2D eigenvalue weighted by atomic mass is 16.5. The van der Waals surface area contributed by atoms with Gasteiger partial charge in [0, 0.05) is 45.8 Å². The molecule has 0 radical (unpaired) electrons. The first-order valence-electron chi connectivity index (χ1n) is 12.9. The summed E-state index contributed by atoms with van der Waals surface area (Å²) in [5, 5.41) is 1.98. The fraction of sp³-hybridized carbons (Fsp3) is 0.0606. The van der Waals surface area contributed by atoms with Crippen LogP contribution < -0.4 is 14.4 Å². The highest BCUT2D eigenvalue weighted by molar-refractivity contribution is 6.21. The van der Waals surface area contributed by atoms with E-state index in [9.17, 15) is 0 Å². The van der Waals surface area contributed by atoms with E-state index < -0.39 is 0 Å². The van der Waals surface area contributed by atoms with E-state index in [1.807, 2.05) is 42.5 Å². The molecule has 0 bridgehead atoms. The summed E-state index contributed by atoms with van der Waals surface area (Å²) in [7, 11) is 3.34. The van der Waals surface area contributed by atoms with Crippen LogP contribution in [0.3, 0.4) is 0 Å². The molecule has 0 aliphatic rings. The van der Waals surface area contributed by atoms with Crippen LogP contribution in [0, 0.1) is 0 Å². The van der Waals surface area contributed by atoms with E-state index >= 15 is 0 Å². The Bertz CT molecular complexity index is 1840. The summed E-state index contributed by atoms with van der Waals surface area (Å²) in [6, 6.07) is 32.4. The number of nitrogens with zero attached hydrogens (tertiary/aromatic N) is 4. The predicted octanol–water partition coefficient (Wildman–Crippen LogP) is 7.81. The Morgan fingerprint density at radius 2 is 1.07 bits per heavy atom. The quantitative estimate of drug-likeness (QED) is 0.224. The zero-order valence-corrected chi connectivity index (χ0v) is 22.0. The zero-order valence-electron chi connectivity index (χ0n) is 22.0. The largest absolute Gasteiger partial charge is 0.497 e. The molecular weight excluding hydrogens is 498 g/mol. The Labute approximate surface area is 230 Å². The van der Waals surface area contributed by atoms with Gasteiger partial charge >= 0.3 is 0 Å². The van der Waals surface area contributed by atoms with E-state index in [1.165, 1.54) is 0 Å². The van der Waals surface area contributed by atoms with Gasteiger partial charge in [-0.2, -0.15) is 0 Å². The number of hydrogen-bond donors (Lipinski definition) is 1. The average molecular weight is 524 g/mol. The van der Waals surface area contributed by atoms with Crippen molar-refractivity contribution in [3.05, 3.63) is 109 Å². The summed E-state index contributed by atoms with van der Waals surface area (Å²) in [6.45, 7) is 0. The molecule has 0 fully saturated rings. The highest BCUT2D eigenvalue weighted by Gasteiger charge is 2.17. The van der Waals surface area contributed by atoms with E-state index in [0.29, 0.717) is 0 Å². The van der Waals surface area contributed by atoms with Crippen LogP contribution in [-0.2, 0) is 0 Å². The number of fused-ring (bicyclic) bond motifs is 6. The van der Waals surface area contributed by atoms with Gasteiger partial charge in [0.15, 0.2) is 0 Å². The molecule has 40 heavy (non-hydrogen) atoms. The average Bonchev–Trinajstić information content (AvgIpc) is 3.49. The Morgan fingerprint density at radius 1 is 0.575 bits per heavy atom.